The molecule has 0 unspecified atom stereocenters. The summed E-state index contributed by atoms with van der Waals surface area (Å²) in [4.78, 5) is 0. The summed E-state index contributed by atoms with van der Waals surface area (Å²) >= 11 is 0. The predicted molar refractivity (Wildman–Crippen MR) is 62.1 cm³/mol. The first-order valence-corrected chi connectivity index (χ1v) is 6.39. The summed E-state index contributed by atoms with van der Waals surface area (Å²) in [6, 6.07) is 0. The summed E-state index contributed by atoms with van der Waals surface area (Å²) in [7, 11) is 0. The van der Waals surface area contributed by atoms with E-state index in [1.807, 2.05) is 0 Å². The maximum atomic E-state index is 9.23. The SMILES string of the molecule is CCCn1c(CO)nnc1C1CCCCC1. The van der Waals surface area contributed by atoms with Gasteiger partial charge in [-0.3, -0.25) is 0 Å². The average Bonchev–Trinajstić information content (AvgIpc) is 2.74. The van der Waals surface area contributed by atoms with Crippen molar-refractivity contribution in [1.82, 2.24) is 14.8 Å². The molecule has 2 rings (SSSR count). The number of aromatic nitrogens is 3. The zero-order chi connectivity index (χ0) is 11.4. The second kappa shape index (κ2) is 5.43. The molecule has 16 heavy (non-hydrogen) atoms. The lowest BCUT2D eigenvalue weighted by Crippen LogP contribution is -2.14. The Bertz CT molecular complexity index is 329. The van der Waals surface area contributed by atoms with Crippen molar-refractivity contribution in [3.63, 3.8) is 0 Å². The van der Waals surface area contributed by atoms with Gasteiger partial charge in [-0.1, -0.05) is 26.2 Å². The fraction of sp³-hybridized carbons (Fsp3) is 0.833. The Balaban J connectivity index is 2.20. The van der Waals surface area contributed by atoms with Gasteiger partial charge in [-0.05, 0) is 19.3 Å². The van der Waals surface area contributed by atoms with Crippen LogP contribution in [0.5, 0.6) is 0 Å². The van der Waals surface area contributed by atoms with Crippen molar-refractivity contribution in [2.24, 2.45) is 0 Å². The lowest BCUT2D eigenvalue weighted by Gasteiger charge is -2.21. The quantitative estimate of drug-likeness (QED) is 0.851. The van der Waals surface area contributed by atoms with E-state index in [9.17, 15) is 5.11 Å². The predicted octanol–water partition coefficient (Wildman–Crippen LogP) is 2.23. The van der Waals surface area contributed by atoms with Gasteiger partial charge in [0.25, 0.3) is 0 Å². The van der Waals surface area contributed by atoms with Crippen molar-refractivity contribution in [2.45, 2.75) is 64.5 Å². The molecule has 1 saturated carbocycles. The smallest absolute Gasteiger partial charge is 0.158 e. The van der Waals surface area contributed by atoms with E-state index in [-0.39, 0.29) is 6.61 Å². The summed E-state index contributed by atoms with van der Waals surface area (Å²) in [6.45, 7) is 3.07. The average molecular weight is 223 g/mol. The fourth-order valence-electron chi connectivity index (χ4n) is 2.60. The van der Waals surface area contributed by atoms with E-state index in [0.717, 1.165) is 24.6 Å². The number of hydrogen-bond acceptors (Lipinski definition) is 3. The van der Waals surface area contributed by atoms with Crippen molar-refractivity contribution < 1.29 is 5.11 Å². The molecule has 90 valence electrons. The van der Waals surface area contributed by atoms with E-state index in [2.05, 4.69) is 21.7 Å². The van der Waals surface area contributed by atoms with Crippen LogP contribution in [0.3, 0.4) is 0 Å². The number of nitrogens with zero attached hydrogens (tertiary/aromatic N) is 3. The molecule has 0 saturated heterocycles. The minimum atomic E-state index is -0.000278. The molecule has 1 fully saturated rings. The minimum Gasteiger partial charge on any atom is -0.388 e. The first-order valence-electron chi connectivity index (χ1n) is 6.39. The third-order valence-corrected chi connectivity index (χ3v) is 3.41. The largest absolute Gasteiger partial charge is 0.388 e. The van der Waals surface area contributed by atoms with Crippen molar-refractivity contribution in [3.05, 3.63) is 11.6 Å². The second-order valence-corrected chi connectivity index (χ2v) is 4.62. The number of aliphatic hydroxyl groups excluding tert-OH is 1. The van der Waals surface area contributed by atoms with Crippen LogP contribution in [0.1, 0.15) is 63.0 Å². The zero-order valence-corrected chi connectivity index (χ0v) is 10.0. The minimum absolute atomic E-state index is 0.000278. The fourth-order valence-corrected chi connectivity index (χ4v) is 2.60. The van der Waals surface area contributed by atoms with Crippen LogP contribution in [-0.2, 0) is 13.2 Å². The summed E-state index contributed by atoms with van der Waals surface area (Å²) in [5, 5.41) is 17.6. The van der Waals surface area contributed by atoms with Gasteiger partial charge in [-0.25, -0.2) is 0 Å². The molecule has 1 heterocycles. The maximum absolute atomic E-state index is 9.23. The topological polar surface area (TPSA) is 50.9 Å². The van der Waals surface area contributed by atoms with Crippen LogP contribution in [-0.4, -0.2) is 19.9 Å². The van der Waals surface area contributed by atoms with E-state index in [0.29, 0.717) is 5.92 Å². The molecule has 0 atom stereocenters. The Kier molecular flexibility index (Phi) is 3.93. The Morgan fingerprint density at radius 2 is 2.00 bits per heavy atom. The molecular formula is C12H21N3O. The molecule has 1 aromatic rings. The van der Waals surface area contributed by atoms with Crippen LogP contribution in [0.2, 0.25) is 0 Å². The summed E-state index contributed by atoms with van der Waals surface area (Å²) < 4.78 is 2.12. The monoisotopic (exact) mass is 223 g/mol. The third-order valence-electron chi connectivity index (χ3n) is 3.41. The van der Waals surface area contributed by atoms with Gasteiger partial charge in [0.05, 0.1) is 0 Å². The molecular weight excluding hydrogens is 202 g/mol. The number of hydrogen-bond donors (Lipinski definition) is 1. The van der Waals surface area contributed by atoms with Crippen LogP contribution in [0, 0.1) is 0 Å². The lowest BCUT2D eigenvalue weighted by atomic mass is 9.88. The summed E-state index contributed by atoms with van der Waals surface area (Å²) in [5.74, 6) is 2.39. The molecule has 1 aliphatic carbocycles. The van der Waals surface area contributed by atoms with Crippen LogP contribution >= 0.6 is 0 Å². The highest BCUT2D eigenvalue weighted by Crippen LogP contribution is 2.31. The Morgan fingerprint density at radius 1 is 1.25 bits per heavy atom. The van der Waals surface area contributed by atoms with Crippen molar-refractivity contribution in [2.75, 3.05) is 0 Å². The molecule has 1 aromatic heterocycles. The first-order chi connectivity index (χ1) is 7.86. The second-order valence-electron chi connectivity index (χ2n) is 4.62. The standard InChI is InChI=1S/C12H21N3O/c1-2-8-15-11(9-16)13-14-12(15)10-6-4-3-5-7-10/h10,16H,2-9H2,1H3. The molecule has 4 heteroatoms. The van der Waals surface area contributed by atoms with E-state index in [1.165, 1.54) is 32.1 Å². The molecule has 0 spiro atoms. The van der Waals surface area contributed by atoms with Gasteiger partial charge in [-0.15, -0.1) is 10.2 Å². The van der Waals surface area contributed by atoms with E-state index in [1.54, 1.807) is 0 Å². The molecule has 0 aromatic carbocycles. The van der Waals surface area contributed by atoms with Gasteiger partial charge < -0.3 is 9.67 Å². The summed E-state index contributed by atoms with van der Waals surface area (Å²) in [6.07, 6.45) is 7.48. The summed E-state index contributed by atoms with van der Waals surface area (Å²) in [5.41, 5.74) is 0. The Morgan fingerprint density at radius 3 is 2.62 bits per heavy atom. The normalized spacial score (nSPS) is 17.9. The van der Waals surface area contributed by atoms with E-state index < -0.39 is 0 Å². The molecule has 0 radical (unpaired) electrons. The zero-order valence-electron chi connectivity index (χ0n) is 10.0. The highest BCUT2D eigenvalue weighted by atomic mass is 16.3. The van der Waals surface area contributed by atoms with Gasteiger partial charge in [0.15, 0.2) is 5.82 Å². The van der Waals surface area contributed by atoms with Gasteiger partial charge in [0.2, 0.25) is 0 Å². The Hall–Kier alpha value is -0.900. The van der Waals surface area contributed by atoms with E-state index in [4.69, 9.17) is 0 Å². The van der Waals surface area contributed by atoms with E-state index >= 15 is 0 Å². The molecule has 4 nitrogen and oxygen atoms in total. The number of rotatable bonds is 4. The van der Waals surface area contributed by atoms with Crippen LogP contribution < -0.4 is 0 Å². The highest BCUT2D eigenvalue weighted by molar-refractivity contribution is 5.02. The van der Waals surface area contributed by atoms with Crippen LogP contribution in [0.15, 0.2) is 0 Å². The van der Waals surface area contributed by atoms with Gasteiger partial charge in [0, 0.05) is 12.5 Å². The molecule has 1 aliphatic rings. The maximum Gasteiger partial charge on any atom is 0.158 e. The lowest BCUT2D eigenvalue weighted by molar-refractivity contribution is 0.263. The van der Waals surface area contributed by atoms with Gasteiger partial charge in [-0.2, -0.15) is 0 Å². The Labute approximate surface area is 96.7 Å². The van der Waals surface area contributed by atoms with Crippen molar-refractivity contribution in [3.8, 4) is 0 Å². The van der Waals surface area contributed by atoms with Crippen LogP contribution in [0.4, 0.5) is 0 Å². The van der Waals surface area contributed by atoms with Gasteiger partial charge >= 0.3 is 0 Å². The highest BCUT2D eigenvalue weighted by Gasteiger charge is 2.22. The molecule has 0 bridgehead atoms. The number of aliphatic hydroxyl groups is 1. The first kappa shape index (κ1) is 11.6. The van der Waals surface area contributed by atoms with Gasteiger partial charge in [0.1, 0.15) is 12.4 Å². The molecule has 0 aliphatic heterocycles. The van der Waals surface area contributed by atoms with Crippen molar-refractivity contribution in [1.29, 1.82) is 0 Å². The van der Waals surface area contributed by atoms with Crippen LogP contribution in [0.25, 0.3) is 0 Å². The third kappa shape index (κ3) is 2.26. The molecule has 0 amide bonds. The van der Waals surface area contributed by atoms with Crippen molar-refractivity contribution >= 4 is 0 Å². The molecule has 1 N–H and O–H groups in total.